The van der Waals surface area contributed by atoms with E-state index >= 15 is 0 Å². The minimum absolute atomic E-state index is 0.00958. The molecule has 2 aromatic rings. The van der Waals surface area contributed by atoms with E-state index in [4.69, 9.17) is 16.3 Å². The van der Waals surface area contributed by atoms with E-state index in [1.165, 1.54) is 7.11 Å². The number of ether oxygens (including phenoxy) is 1. The van der Waals surface area contributed by atoms with Gasteiger partial charge in [0.1, 0.15) is 10.6 Å². The zero-order chi connectivity index (χ0) is 18.4. The SMILES string of the molecule is COC(=O)c1c(SCC(=O)NCc2ccccc2Cl)nc(=O)[nH]c1C. The van der Waals surface area contributed by atoms with Gasteiger partial charge < -0.3 is 15.0 Å². The highest BCUT2D eigenvalue weighted by Crippen LogP contribution is 2.21. The Bertz CT molecular complexity index is 854. The predicted octanol–water partition coefficient (Wildman–Crippen LogP) is 1.93. The zero-order valence-corrected chi connectivity index (χ0v) is 15.2. The van der Waals surface area contributed by atoms with Gasteiger partial charge in [0.2, 0.25) is 5.91 Å². The minimum Gasteiger partial charge on any atom is -0.465 e. The first-order valence-electron chi connectivity index (χ1n) is 7.24. The lowest BCUT2D eigenvalue weighted by Crippen LogP contribution is -2.25. The Morgan fingerprint density at radius 1 is 1.36 bits per heavy atom. The second kappa shape index (κ2) is 8.68. The summed E-state index contributed by atoms with van der Waals surface area (Å²) >= 11 is 7.02. The normalized spacial score (nSPS) is 10.4. The van der Waals surface area contributed by atoms with Crippen LogP contribution in [0.5, 0.6) is 0 Å². The third-order valence-corrected chi connectivity index (χ3v) is 4.59. The number of methoxy groups -OCH3 is 1. The van der Waals surface area contributed by atoms with E-state index in [-0.39, 0.29) is 28.8 Å². The monoisotopic (exact) mass is 381 g/mol. The number of aryl methyl sites for hydroxylation is 1. The van der Waals surface area contributed by atoms with Crippen LogP contribution in [-0.2, 0) is 16.1 Å². The van der Waals surface area contributed by atoms with Gasteiger partial charge in [-0.25, -0.2) is 9.59 Å². The summed E-state index contributed by atoms with van der Waals surface area (Å²) in [6.45, 7) is 1.85. The van der Waals surface area contributed by atoms with Crippen LogP contribution >= 0.6 is 23.4 Å². The first kappa shape index (κ1) is 19.0. The van der Waals surface area contributed by atoms with Crippen LogP contribution in [0.15, 0.2) is 34.1 Å². The average molecular weight is 382 g/mol. The molecule has 0 radical (unpaired) electrons. The topological polar surface area (TPSA) is 101 Å². The van der Waals surface area contributed by atoms with E-state index in [0.717, 1.165) is 17.3 Å². The van der Waals surface area contributed by atoms with E-state index in [2.05, 4.69) is 15.3 Å². The largest absolute Gasteiger partial charge is 0.465 e. The molecule has 0 bridgehead atoms. The molecule has 0 spiro atoms. The van der Waals surface area contributed by atoms with E-state index in [1.54, 1.807) is 19.1 Å². The molecule has 1 aromatic carbocycles. The number of thioether (sulfide) groups is 1. The lowest BCUT2D eigenvalue weighted by Gasteiger charge is -2.09. The Morgan fingerprint density at radius 2 is 2.08 bits per heavy atom. The first-order chi connectivity index (χ1) is 11.9. The summed E-state index contributed by atoms with van der Waals surface area (Å²) in [4.78, 5) is 41.6. The number of aromatic amines is 1. The van der Waals surface area contributed by atoms with E-state index in [9.17, 15) is 14.4 Å². The number of esters is 1. The summed E-state index contributed by atoms with van der Waals surface area (Å²) in [5.74, 6) is -0.912. The van der Waals surface area contributed by atoms with Crippen LogP contribution in [0.25, 0.3) is 0 Å². The quantitative estimate of drug-likeness (QED) is 0.450. The van der Waals surface area contributed by atoms with Crippen molar-refractivity contribution in [2.24, 2.45) is 0 Å². The van der Waals surface area contributed by atoms with Crippen LogP contribution in [0.4, 0.5) is 0 Å². The molecule has 1 amide bonds. The number of rotatable bonds is 6. The number of H-pyrrole nitrogens is 1. The molecule has 2 N–H and O–H groups in total. The Hall–Kier alpha value is -2.32. The summed E-state index contributed by atoms with van der Waals surface area (Å²) in [5.41, 5.74) is 0.684. The van der Waals surface area contributed by atoms with Crippen LogP contribution in [-0.4, -0.2) is 34.7 Å². The maximum absolute atomic E-state index is 12.0. The van der Waals surface area contributed by atoms with Gasteiger partial charge in [-0.3, -0.25) is 4.79 Å². The van der Waals surface area contributed by atoms with Crippen molar-refractivity contribution < 1.29 is 14.3 Å². The van der Waals surface area contributed by atoms with Gasteiger partial charge in [-0.1, -0.05) is 41.6 Å². The van der Waals surface area contributed by atoms with Crippen molar-refractivity contribution in [2.45, 2.75) is 18.5 Å². The van der Waals surface area contributed by atoms with Crippen molar-refractivity contribution in [2.75, 3.05) is 12.9 Å². The first-order valence-corrected chi connectivity index (χ1v) is 8.61. The molecular formula is C16H16ClN3O4S. The van der Waals surface area contributed by atoms with Crippen molar-refractivity contribution >= 4 is 35.2 Å². The smallest absolute Gasteiger partial charge is 0.346 e. The fraction of sp³-hybridized carbons (Fsp3) is 0.250. The molecule has 0 saturated carbocycles. The molecule has 1 aromatic heterocycles. The molecule has 9 heteroatoms. The lowest BCUT2D eigenvalue weighted by molar-refractivity contribution is -0.118. The maximum atomic E-state index is 12.0. The lowest BCUT2D eigenvalue weighted by atomic mass is 10.2. The van der Waals surface area contributed by atoms with Crippen molar-refractivity contribution in [3.63, 3.8) is 0 Å². The van der Waals surface area contributed by atoms with Gasteiger partial charge in [-0.15, -0.1) is 0 Å². The summed E-state index contributed by atoms with van der Waals surface area (Å²) in [6.07, 6.45) is 0. The summed E-state index contributed by atoms with van der Waals surface area (Å²) in [5, 5.41) is 3.45. The molecule has 1 heterocycles. The number of nitrogens with one attached hydrogen (secondary N) is 2. The van der Waals surface area contributed by atoms with Crippen LogP contribution in [0.3, 0.4) is 0 Å². The summed E-state index contributed by atoms with van der Waals surface area (Å²) in [7, 11) is 1.23. The number of aromatic nitrogens is 2. The number of carbonyl (C=O) groups excluding carboxylic acids is 2. The van der Waals surface area contributed by atoms with Crippen molar-refractivity contribution in [3.05, 3.63) is 56.6 Å². The molecule has 7 nitrogen and oxygen atoms in total. The van der Waals surface area contributed by atoms with E-state index in [1.807, 2.05) is 12.1 Å². The number of nitrogens with zero attached hydrogens (tertiary/aromatic N) is 1. The Labute approximate surface area is 153 Å². The van der Waals surface area contributed by atoms with Gasteiger partial charge >= 0.3 is 11.7 Å². The molecule has 25 heavy (non-hydrogen) atoms. The minimum atomic E-state index is -0.625. The van der Waals surface area contributed by atoms with Gasteiger partial charge in [0.15, 0.2) is 0 Å². The fourth-order valence-corrected chi connectivity index (χ4v) is 3.13. The van der Waals surface area contributed by atoms with Crippen molar-refractivity contribution in [1.82, 2.24) is 15.3 Å². The third kappa shape index (κ3) is 5.07. The molecule has 2 rings (SSSR count). The number of hydrogen-bond donors (Lipinski definition) is 2. The molecule has 0 fully saturated rings. The highest BCUT2D eigenvalue weighted by molar-refractivity contribution is 8.00. The molecule has 0 aliphatic rings. The number of benzene rings is 1. The van der Waals surface area contributed by atoms with Crippen LogP contribution < -0.4 is 11.0 Å². The Balaban J connectivity index is 2.03. The second-order valence-electron chi connectivity index (χ2n) is 5.00. The van der Waals surface area contributed by atoms with E-state index in [0.29, 0.717) is 10.7 Å². The van der Waals surface area contributed by atoms with Crippen molar-refractivity contribution in [1.29, 1.82) is 0 Å². The van der Waals surface area contributed by atoms with Gasteiger partial charge in [-0.2, -0.15) is 4.98 Å². The third-order valence-electron chi connectivity index (χ3n) is 3.25. The summed E-state index contributed by atoms with van der Waals surface area (Å²) in [6, 6.07) is 7.18. The standard InChI is InChI=1S/C16H16ClN3O4S/c1-9-13(15(22)24-2)14(20-16(23)19-9)25-8-12(21)18-7-10-5-3-4-6-11(10)17/h3-6H,7-8H2,1-2H3,(H,18,21)(H,19,20,23). The molecule has 0 aliphatic carbocycles. The van der Waals surface area contributed by atoms with Gasteiger partial charge in [0.25, 0.3) is 0 Å². The number of halogens is 1. The average Bonchev–Trinajstić information content (AvgIpc) is 2.58. The predicted molar refractivity (Wildman–Crippen MR) is 95.0 cm³/mol. The highest BCUT2D eigenvalue weighted by Gasteiger charge is 2.19. The molecule has 132 valence electrons. The van der Waals surface area contributed by atoms with Crippen LogP contribution in [0, 0.1) is 6.92 Å². The van der Waals surface area contributed by atoms with Crippen LogP contribution in [0.1, 0.15) is 21.6 Å². The molecule has 0 unspecified atom stereocenters. The molecular weight excluding hydrogens is 366 g/mol. The highest BCUT2D eigenvalue weighted by atomic mass is 35.5. The van der Waals surface area contributed by atoms with Gasteiger partial charge in [-0.05, 0) is 18.6 Å². The van der Waals surface area contributed by atoms with Crippen LogP contribution in [0.2, 0.25) is 5.02 Å². The Morgan fingerprint density at radius 3 is 2.76 bits per heavy atom. The van der Waals surface area contributed by atoms with Gasteiger partial charge in [0.05, 0.1) is 12.9 Å². The van der Waals surface area contributed by atoms with Gasteiger partial charge in [0, 0.05) is 17.3 Å². The molecule has 0 atom stereocenters. The van der Waals surface area contributed by atoms with Crippen molar-refractivity contribution in [3.8, 4) is 0 Å². The number of hydrogen-bond acceptors (Lipinski definition) is 6. The second-order valence-corrected chi connectivity index (χ2v) is 6.37. The molecule has 0 saturated heterocycles. The zero-order valence-electron chi connectivity index (χ0n) is 13.6. The maximum Gasteiger partial charge on any atom is 0.346 e. The summed E-state index contributed by atoms with van der Waals surface area (Å²) < 4.78 is 4.69. The number of carbonyl (C=O) groups is 2. The number of amides is 1. The van der Waals surface area contributed by atoms with E-state index < -0.39 is 11.7 Å². The molecule has 0 aliphatic heterocycles. The fourth-order valence-electron chi connectivity index (χ4n) is 2.03. The Kier molecular flexibility index (Phi) is 6.60.